The van der Waals surface area contributed by atoms with Gasteiger partial charge in [0.1, 0.15) is 0 Å². The minimum atomic E-state index is -0.666. The van der Waals surface area contributed by atoms with Gasteiger partial charge in [0.05, 0.1) is 5.92 Å². The van der Waals surface area contributed by atoms with Crippen LogP contribution in [0.25, 0.3) is 0 Å². The smallest absolute Gasteiger partial charge is 0.224 e. The summed E-state index contributed by atoms with van der Waals surface area (Å²) >= 11 is 0. The van der Waals surface area contributed by atoms with Gasteiger partial charge in [-0.25, -0.2) is 0 Å². The van der Waals surface area contributed by atoms with Crippen molar-refractivity contribution in [1.29, 1.82) is 0 Å². The topological polar surface area (TPSA) is 72.2 Å². The zero-order valence-corrected chi connectivity index (χ0v) is 11.7. The van der Waals surface area contributed by atoms with E-state index in [0.717, 1.165) is 50.0 Å². The molecule has 1 heterocycles. The SMILES string of the molecule is NC1CCCCCC1C(=O)NC1CCS(=O)CC1. The van der Waals surface area contributed by atoms with Crippen LogP contribution in [0.15, 0.2) is 0 Å². The predicted octanol–water partition coefficient (Wildman–Crippen LogP) is 0.921. The molecule has 2 unspecified atom stereocenters. The highest BCUT2D eigenvalue weighted by molar-refractivity contribution is 7.85. The summed E-state index contributed by atoms with van der Waals surface area (Å²) in [7, 11) is -0.666. The molecule has 0 aromatic rings. The zero-order valence-electron chi connectivity index (χ0n) is 10.9. The molecular weight excluding hydrogens is 248 g/mol. The van der Waals surface area contributed by atoms with Crippen LogP contribution < -0.4 is 11.1 Å². The maximum absolute atomic E-state index is 12.2. The van der Waals surface area contributed by atoms with Gasteiger partial charge in [-0.15, -0.1) is 0 Å². The molecule has 18 heavy (non-hydrogen) atoms. The molecule has 3 N–H and O–H groups in total. The van der Waals surface area contributed by atoms with Crippen molar-refractivity contribution in [2.24, 2.45) is 11.7 Å². The number of nitrogens with two attached hydrogens (primary N) is 1. The molecule has 2 fully saturated rings. The molecule has 2 aliphatic rings. The zero-order chi connectivity index (χ0) is 13.0. The first-order valence-corrected chi connectivity index (χ1v) is 8.56. The standard InChI is InChI=1S/C13H24N2O2S/c14-12-5-3-1-2-4-11(12)13(16)15-10-6-8-18(17)9-7-10/h10-12H,1-9,14H2,(H,15,16). The molecule has 1 aliphatic carbocycles. The second kappa shape index (κ2) is 6.66. The van der Waals surface area contributed by atoms with Crippen molar-refractivity contribution in [2.75, 3.05) is 11.5 Å². The van der Waals surface area contributed by atoms with Crippen LogP contribution >= 0.6 is 0 Å². The van der Waals surface area contributed by atoms with Crippen LogP contribution in [0.4, 0.5) is 0 Å². The lowest BCUT2D eigenvalue weighted by Gasteiger charge is -2.27. The summed E-state index contributed by atoms with van der Waals surface area (Å²) in [5.74, 6) is 1.56. The fourth-order valence-electron chi connectivity index (χ4n) is 2.91. The molecular formula is C13H24N2O2S. The Balaban J connectivity index is 1.84. The summed E-state index contributed by atoms with van der Waals surface area (Å²) < 4.78 is 11.3. The van der Waals surface area contributed by atoms with E-state index in [1.165, 1.54) is 6.42 Å². The van der Waals surface area contributed by atoms with Crippen molar-refractivity contribution in [3.8, 4) is 0 Å². The number of rotatable bonds is 2. The molecule has 5 heteroatoms. The van der Waals surface area contributed by atoms with Crippen molar-refractivity contribution < 1.29 is 9.00 Å². The van der Waals surface area contributed by atoms with Gasteiger partial charge < -0.3 is 11.1 Å². The molecule has 0 aromatic heterocycles. The minimum Gasteiger partial charge on any atom is -0.353 e. The van der Waals surface area contributed by atoms with Crippen LogP contribution in [0.5, 0.6) is 0 Å². The summed E-state index contributed by atoms with van der Waals surface area (Å²) in [6.07, 6.45) is 7.03. The van der Waals surface area contributed by atoms with Gasteiger partial charge in [-0.1, -0.05) is 19.3 Å². The van der Waals surface area contributed by atoms with E-state index in [0.29, 0.717) is 0 Å². The highest BCUT2D eigenvalue weighted by Gasteiger charge is 2.29. The summed E-state index contributed by atoms with van der Waals surface area (Å²) in [6.45, 7) is 0. The molecule has 0 aromatic carbocycles. The highest BCUT2D eigenvalue weighted by atomic mass is 32.2. The van der Waals surface area contributed by atoms with E-state index in [2.05, 4.69) is 5.32 Å². The molecule has 104 valence electrons. The molecule has 0 bridgehead atoms. The molecule has 2 atom stereocenters. The number of carbonyl (C=O) groups is 1. The Morgan fingerprint density at radius 2 is 1.72 bits per heavy atom. The van der Waals surface area contributed by atoms with Crippen molar-refractivity contribution >= 4 is 16.7 Å². The Morgan fingerprint density at radius 1 is 1.06 bits per heavy atom. The highest BCUT2D eigenvalue weighted by Crippen LogP contribution is 2.23. The third-order valence-electron chi connectivity index (χ3n) is 4.14. The van der Waals surface area contributed by atoms with E-state index in [-0.39, 0.29) is 23.9 Å². The third-order valence-corrected chi connectivity index (χ3v) is 5.52. The number of hydrogen-bond acceptors (Lipinski definition) is 3. The van der Waals surface area contributed by atoms with Gasteiger partial charge in [0.25, 0.3) is 0 Å². The van der Waals surface area contributed by atoms with E-state index >= 15 is 0 Å². The quantitative estimate of drug-likeness (QED) is 0.734. The number of carbonyl (C=O) groups excluding carboxylic acids is 1. The average Bonchev–Trinajstić information content (AvgIpc) is 2.57. The molecule has 2 rings (SSSR count). The number of amides is 1. The van der Waals surface area contributed by atoms with Gasteiger partial charge in [0, 0.05) is 34.4 Å². The fraction of sp³-hybridized carbons (Fsp3) is 0.923. The molecule has 1 amide bonds. The normalized spacial score (nSPS) is 37.8. The Bertz CT molecular complexity index is 312. The van der Waals surface area contributed by atoms with E-state index < -0.39 is 10.8 Å². The minimum absolute atomic E-state index is 0.0140. The average molecular weight is 272 g/mol. The lowest BCUT2D eigenvalue weighted by Crippen LogP contribution is -2.47. The summed E-state index contributed by atoms with van der Waals surface area (Å²) in [5, 5.41) is 3.11. The van der Waals surface area contributed by atoms with Crippen LogP contribution in [-0.4, -0.2) is 33.7 Å². The predicted molar refractivity (Wildman–Crippen MR) is 73.6 cm³/mol. The van der Waals surface area contributed by atoms with E-state index in [9.17, 15) is 9.00 Å². The monoisotopic (exact) mass is 272 g/mol. The van der Waals surface area contributed by atoms with Crippen LogP contribution in [-0.2, 0) is 15.6 Å². The lowest BCUT2D eigenvalue weighted by molar-refractivity contribution is -0.126. The number of nitrogens with one attached hydrogen (secondary N) is 1. The molecule has 1 saturated carbocycles. The maximum Gasteiger partial charge on any atom is 0.224 e. The number of hydrogen-bond donors (Lipinski definition) is 2. The third kappa shape index (κ3) is 3.79. The van der Waals surface area contributed by atoms with Crippen LogP contribution in [0.1, 0.15) is 44.9 Å². The second-order valence-corrected chi connectivity index (χ2v) is 7.24. The first-order chi connectivity index (χ1) is 8.66. The first kappa shape index (κ1) is 14.0. The summed E-state index contributed by atoms with van der Waals surface area (Å²) in [5.41, 5.74) is 6.10. The van der Waals surface area contributed by atoms with Crippen LogP contribution in [0, 0.1) is 5.92 Å². The van der Waals surface area contributed by atoms with Gasteiger partial charge in [-0.2, -0.15) is 0 Å². The maximum atomic E-state index is 12.2. The van der Waals surface area contributed by atoms with Gasteiger partial charge in [0.15, 0.2) is 0 Å². The molecule has 4 nitrogen and oxygen atoms in total. The first-order valence-electron chi connectivity index (χ1n) is 7.08. The van der Waals surface area contributed by atoms with Crippen LogP contribution in [0.2, 0.25) is 0 Å². The second-order valence-electron chi connectivity index (χ2n) is 5.54. The van der Waals surface area contributed by atoms with Crippen LogP contribution in [0.3, 0.4) is 0 Å². The Hall–Kier alpha value is -0.420. The van der Waals surface area contributed by atoms with Gasteiger partial charge >= 0.3 is 0 Å². The molecule has 1 saturated heterocycles. The molecule has 0 radical (unpaired) electrons. The Labute approximate surface area is 112 Å². The Morgan fingerprint density at radius 3 is 2.44 bits per heavy atom. The van der Waals surface area contributed by atoms with Crippen molar-refractivity contribution in [1.82, 2.24) is 5.32 Å². The largest absolute Gasteiger partial charge is 0.353 e. The van der Waals surface area contributed by atoms with Crippen molar-refractivity contribution in [2.45, 2.75) is 57.0 Å². The van der Waals surface area contributed by atoms with E-state index in [1.54, 1.807) is 0 Å². The van der Waals surface area contributed by atoms with Gasteiger partial charge in [0.2, 0.25) is 5.91 Å². The van der Waals surface area contributed by atoms with Gasteiger partial charge in [-0.05, 0) is 25.7 Å². The van der Waals surface area contributed by atoms with E-state index in [4.69, 9.17) is 5.73 Å². The van der Waals surface area contributed by atoms with Crippen molar-refractivity contribution in [3.63, 3.8) is 0 Å². The summed E-state index contributed by atoms with van der Waals surface area (Å²) in [4.78, 5) is 12.2. The fourth-order valence-corrected chi connectivity index (χ4v) is 4.21. The van der Waals surface area contributed by atoms with E-state index in [1.807, 2.05) is 0 Å². The Kier molecular flexibility index (Phi) is 5.18. The molecule has 0 spiro atoms. The lowest BCUT2D eigenvalue weighted by atomic mass is 9.94. The molecule has 1 aliphatic heterocycles. The van der Waals surface area contributed by atoms with Crippen molar-refractivity contribution in [3.05, 3.63) is 0 Å². The summed E-state index contributed by atoms with van der Waals surface area (Å²) in [6, 6.07) is 0.232. The van der Waals surface area contributed by atoms with Gasteiger partial charge in [-0.3, -0.25) is 9.00 Å².